The second kappa shape index (κ2) is 7.44. The fourth-order valence-corrected chi connectivity index (χ4v) is 3.74. The molecule has 22 heavy (non-hydrogen) atoms. The van der Waals surface area contributed by atoms with Crippen LogP contribution in [-0.2, 0) is 4.79 Å². The molecule has 0 radical (unpaired) electrons. The number of rotatable bonds is 5. The number of carbonyl (C=O) groups is 1. The average molecular weight is 356 g/mol. The summed E-state index contributed by atoms with van der Waals surface area (Å²) in [4.78, 5) is 22.6. The molecule has 2 heterocycles. The summed E-state index contributed by atoms with van der Waals surface area (Å²) in [5.41, 5.74) is 0.895. The van der Waals surface area contributed by atoms with Gasteiger partial charge in [-0.3, -0.25) is 9.78 Å². The van der Waals surface area contributed by atoms with E-state index in [-0.39, 0.29) is 17.1 Å². The molecule has 0 aromatic carbocycles. The quantitative estimate of drug-likeness (QED) is 0.806. The molecular formula is C15H18ClN3OS2. The highest BCUT2D eigenvalue weighted by atomic mass is 35.5. The lowest BCUT2D eigenvalue weighted by Crippen LogP contribution is -2.35. The Hall–Kier alpha value is -1.11. The normalized spacial score (nSPS) is 13.7. The molecule has 4 nitrogen and oxygen atoms in total. The molecule has 0 aliphatic rings. The molecule has 0 spiro atoms. The number of aromatic nitrogens is 2. The Morgan fingerprint density at radius 3 is 2.77 bits per heavy atom. The first-order chi connectivity index (χ1) is 10.5. The minimum atomic E-state index is -0.0833. The highest BCUT2D eigenvalue weighted by molar-refractivity contribution is 7.99. The van der Waals surface area contributed by atoms with Crippen LogP contribution in [0.3, 0.4) is 0 Å². The number of anilines is 1. The minimum absolute atomic E-state index is 0.0464. The van der Waals surface area contributed by atoms with Gasteiger partial charge in [0, 0.05) is 36.2 Å². The van der Waals surface area contributed by atoms with Gasteiger partial charge in [-0.25, -0.2) is 4.98 Å². The van der Waals surface area contributed by atoms with Gasteiger partial charge in [-0.1, -0.05) is 36.8 Å². The number of hydrogen-bond acceptors (Lipinski definition) is 5. The maximum absolute atomic E-state index is 12.6. The number of halogens is 1. The molecule has 2 rings (SSSR count). The number of amides is 1. The second-order valence-electron chi connectivity index (χ2n) is 4.98. The molecular weight excluding hydrogens is 338 g/mol. The van der Waals surface area contributed by atoms with Gasteiger partial charge in [-0.05, 0) is 18.4 Å². The third-order valence-electron chi connectivity index (χ3n) is 3.58. The van der Waals surface area contributed by atoms with Gasteiger partial charge in [-0.2, -0.15) is 11.8 Å². The number of carbonyl (C=O) groups excluding carboxylic acids is 1. The second-order valence-corrected chi connectivity index (χ2v) is 7.53. The Kier molecular flexibility index (Phi) is 5.83. The van der Waals surface area contributed by atoms with Crippen molar-refractivity contribution in [1.82, 2.24) is 9.97 Å². The van der Waals surface area contributed by atoms with Crippen LogP contribution in [0.2, 0.25) is 5.15 Å². The van der Waals surface area contributed by atoms with Gasteiger partial charge in [-0.15, -0.1) is 0 Å². The smallest absolute Gasteiger partial charge is 0.231 e. The third kappa shape index (κ3) is 3.62. The monoisotopic (exact) mass is 355 g/mol. The standard InChI is InChI=1S/C15H18ClN3OS2/c1-9(10(2)21-4)14(20)19(3)15-12(16)18-13(22-15)11-6-5-7-17-8-11/h5-10H,1-4H3. The van der Waals surface area contributed by atoms with Crippen LogP contribution in [0.1, 0.15) is 13.8 Å². The number of hydrogen-bond donors (Lipinski definition) is 0. The van der Waals surface area contributed by atoms with Crippen molar-refractivity contribution in [2.24, 2.45) is 5.92 Å². The van der Waals surface area contributed by atoms with E-state index in [1.807, 2.05) is 25.3 Å². The molecule has 2 aromatic heterocycles. The topological polar surface area (TPSA) is 46.1 Å². The zero-order valence-electron chi connectivity index (χ0n) is 12.9. The van der Waals surface area contributed by atoms with Crippen molar-refractivity contribution < 1.29 is 4.79 Å². The molecule has 2 unspecified atom stereocenters. The van der Waals surface area contributed by atoms with Crippen molar-refractivity contribution in [1.29, 1.82) is 0 Å². The van der Waals surface area contributed by atoms with E-state index in [0.717, 1.165) is 10.6 Å². The molecule has 0 N–H and O–H groups in total. The third-order valence-corrected chi connectivity index (χ3v) is 6.29. The van der Waals surface area contributed by atoms with E-state index >= 15 is 0 Å². The molecule has 118 valence electrons. The lowest BCUT2D eigenvalue weighted by atomic mass is 10.1. The van der Waals surface area contributed by atoms with Crippen LogP contribution in [0.4, 0.5) is 5.00 Å². The van der Waals surface area contributed by atoms with Crippen molar-refractivity contribution in [2.45, 2.75) is 19.1 Å². The van der Waals surface area contributed by atoms with E-state index in [2.05, 4.69) is 16.9 Å². The first-order valence-electron chi connectivity index (χ1n) is 6.82. The van der Waals surface area contributed by atoms with Gasteiger partial charge >= 0.3 is 0 Å². The Balaban J connectivity index is 2.26. The number of pyridine rings is 1. The van der Waals surface area contributed by atoms with Crippen molar-refractivity contribution >= 4 is 45.6 Å². The molecule has 2 atom stereocenters. The molecule has 0 fully saturated rings. The van der Waals surface area contributed by atoms with E-state index in [1.165, 1.54) is 11.3 Å². The lowest BCUT2D eigenvalue weighted by molar-refractivity contribution is -0.121. The van der Waals surface area contributed by atoms with Crippen LogP contribution in [0.25, 0.3) is 10.6 Å². The van der Waals surface area contributed by atoms with Crippen LogP contribution in [0.15, 0.2) is 24.5 Å². The van der Waals surface area contributed by atoms with E-state index in [9.17, 15) is 4.79 Å². The van der Waals surface area contributed by atoms with Gasteiger partial charge in [0.15, 0.2) is 5.15 Å². The fourth-order valence-electron chi connectivity index (χ4n) is 1.92. The van der Waals surface area contributed by atoms with Crippen LogP contribution in [-0.4, -0.2) is 34.4 Å². The first-order valence-corrected chi connectivity index (χ1v) is 9.31. The molecule has 1 amide bonds. The summed E-state index contributed by atoms with van der Waals surface area (Å²) < 4.78 is 0. The Morgan fingerprint density at radius 1 is 1.45 bits per heavy atom. The summed E-state index contributed by atoms with van der Waals surface area (Å²) >= 11 is 9.31. The van der Waals surface area contributed by atoms with Crippen LogP contribution >= 0.6 is 34.7 Å². The van der Waals surface area contributed by atoms with E-state index < -0.39 is 0 Å². The summed E-state index contributed by atoms with van der Waals surface area (Å²) in [7, 11) is 1.75. The molecule has 0 saturated heterocycles. The number of nitrogens with zero attached hydrogens (tertiary/aromatic N) is 3. The SMILES string of the molecule is CSC(C)C(C)C(=O)N(C)c1sc(-c2cccnc2)nc1Cl. The molecule has 0 saturated carbocycles. The predicted octanol–water partition coefficient (Wildman–Crippen LogP) is 4.21. The summed E-state index contributed by atoms with van der Waals surface area (Å²) in [6, 6.07) is 3.77. The van der Waals surface area contributed by atoms with Crippen molar-refractivity contribution in [3.05, 3.63) is 29.7 Å². The molecule has 0 aliphatic heterocycles. The molecule has 0 bridgehead atoms. The van der Waals surface area contributed by atoms with Crippen molar-refractivity contribution in [3.63, 3.8) is 0 Å². The van der Waals surface area contributed by atoms with Gasteiger partial charge in [0.25, 0.3) is 0 Å². The molecule has 2 aromatic rings. The van der Waals surface area contributed by atoms with Gasteiger partial charge < -0.3 is 4.90 Å². The first kappa shape index (κ1) is 17.2. The zero-order chi connectivity index (χ0) is 16.3. The highest BCUT2D eigenvalue weighted by Gasteiger charge is 2.26. The molecule has 0 aliphatic carbocycles. The molecule has 7 heteroatoms. The average Bonchev–Trinajstić information content (AvgIpc) is 2.94. The summed E-state index contributed by atoms with van der Waals surface area (Å²) in [6.45, 7) is 3.99. The van der Waals surface area contributed by atoms with Crippen LogP contribution < -0.4 is 4.90 Å². The zero-order valence-corrected chi connectivity index (χ0v) is 15.3. The van der Waals surface area contributed by atoms with Gasteiger partial charge in [0.2, 0.25) is 5.91 Å². The van der Waals surface area contributed by atoms with E-state index in [4.69, 9.17) is 11.6 Å². The predicted molar refractivity (Wildman–Crippen MR) is 95.9 cm³/mol. The summed E-state index contributed by atoms with van der Waals surface area (Å²) in [5, 5.41) is 2.03. The van der Waals surface area contributed by atoms with E-state index in [0.29, 0.717) is 10.2 Å². The maximum atomic E-state index is 12.6. The number of thioether (sulfide) groups is 1. The number of thiazole rings is 1. The summed E-state index contributed by atoms with van der Waals surface area (Å²) in [5.74, 6) is -0.0369. The maximum Gasteiger partial charge on any atom is 0.231 e. The van der Waals surface area contributed by atoms with Gasteiger partial charge in [0.1, 0.15) is 10.0 Å². The minimum Gasteiger partial charge on any atom is -0.304 e. The lowest BCUT2D eigenvalue weighted by Gasteiger charge is -2.23. The Labute approximate surface area is 143 Å². The van der Waals surface area contributed by atoms with Crippen molar-refractivity contribution in [3.8, 4) is 10.6 Å². The Bertz CT molecular complexity index is 647. The Morgan fingerprint density at radius 2 is 2.18 bits per heavy atom. The highest BCUT2D eigenvalue weighted by Crippen LogP contribution is 2.37. The van der Waals surface area contributed by atoms with Crippen molar-refractivity contribution in [2.75, 3.05) is 18.2 Å². The largest absolute Gasteiger partial charge is 0.304 e. The van der Waals surface area contributed by atoms with Crippen LogP contribution in [0, 0.1) is 5.92 Å². The van der Waals surface area contributed by atoms with E-state index in [1.54, 1.807) is 36.1 Å². The van der Waals surface area contributed by atoms with Gasteiger partial charge in [0.05, 0.1) is 0 Å². The van der Waals surface area contributed by atoms with Crippen LogP contribution in [0.5, 0.6) is 0 Å². The summed E-state index contributed by atoms with van der Waals surface area (Å²) in [6.07, 6.45) is 5.45. The fraction of sp³-hybridized carbons (Fsp3) is 0.400.